The van der Waals surface area contributed by atoms with Gasteiger partial charge >= 0.3 is 0 Å². The topological polar surface area (TPSA) is 95.7 Å². The molecule has 2 amide bonds. The molecule has 8 heteroatoms. The van der Waals surface area contributed by atoms with Crippen molar-refractivity contribution in [2.45, 2.75) is 84.3 Å². The third-order valence-electron chi connectivity index (χ3n) is 9.17. The van der Waals surface area contributed by atoms with Crippen molar-refractivity contribution >= 4 is 11.8 Å². The summed E-state index contributed by atoms with van der Waals surface area (Å²) in [4.78, 5) is 29.1. The van der Waals surface area contributed by atoms with E-state index < -0.39 is 35.0 Å². The van der Waals surface area contributed by atoms with E-state index in [-0.39, 0.29) is 30.8 Å². The van der Waals surface area contributed by atoms with Crippen molar-refractivity contribution in [3.8, 4) is 0 Å². The molecule has 0 heterocycles. The Hall–Kier alpha value is -3.36. The SMILES string of the molecule is CCCN(CCC)C(=O)C1=CC(C)=CC(C(N)=O)([C@H](Cc2cc(F)cc(F)c2)[C@@H](O)CNC2(c3cccc(CC)c3)CC2)C1. The Kier molecular flexibility index (Phi) is 10.8. The number of benzene rings is 2. The van der Waals surface area contributed by atoms with Gasteiger partial charge in [0.1, 0.15) is 11.6 Å². The molecule has 1 unspecified atom stereocenters. The van der Waals surface area contributed by atoms with E-state index in [2.05, 4.69) is 30.4 Å². The highest BCUT2D eigenvalue weighted by molar-refractivity contribution is 5.97. The van der Waals surface area contributed by atoms with Crippen LogP contribution in [-0.4, -0.2) is 47.6 Å². The number of nitrogens with two attached hydrogens (primary N) is 1. The first-order chi connectivity index (χ1) is 21.0. The molecule has 0 bridgehead atoms. The minimum Gasteiger partial charge on any atom is -0.391 e. The number of amides is 2. The second kappa shape index (κ2) is 14.2. The van der Waals surface area contributed by atoms with E-state index in [1.807, 2.05) is 19.9 Å². The number of rotatable bonds is 15. The number of primary amides is 1. The van der Waals surface area contributed by atoms with Crippen LogP contribution in [0.4, 0.5) is 8.78 Å². The van der Waals surface area contributed by atoms with Crippen LogP contribution >= 0.6 is 0 Å². The molecule has 0 saturated heterocycles. The van der Waals surface area contributed by atoms with E-state index in [0.717, 1.165) is 43.7 Å². The van der Waals surface area contributed by atoms with Gasteiger partial charge in [-0.3, -0.25) is 9.59 Å². The highest BCUT2D eigenvalue weighted by atomic mass is 19.1. The molecule has 44 heavy (non-hydrogen) atoms. The summed E-state index contributed by atoms with van der Waals surface area (Å²) in [6.45, 7) is 9.21. The summed E-state index contributed by atoms with van der Waals surface area (Å²) in [5.74, 6) is -3.21. The molecule has 0 spiro atoms. The number of carbonyl (C=O) groups is 2. The third kappa shape index (κ3) is 7.46. The number of allylic oxidation sites excluding steroid dienone is 2. The van der Waals surface area contributed by atoms with Crippen LogP contribution in [0.3, 0.4) is 0 Å². The Labute approximate surface area is 260 Å². The van der Waals surface area contributed by atoms with E-state index in [4.69, 9.17) is 5.73 Å². The lowest BCUT2D eigenvalue weighted by Gasteiger charge is -2.42. The lowest BCUT2D eigenvalue weighted by molar-refractivity contribution is -0.132. The summed E-state index contributed by atoms with van der Waals surface area (Å²) in [6.07, 6.45) is 6.66. The smallest absolute Gasteiger partial charge is 0.249 e. The number of nitrogens with zero attached hydrogens (tertiary/aromatic N) is 1. The summed E-state index contributed by atoms with van der Waals surface area (Å²) < 4.78 is 28.6. The minimum absolute atomic E-state index is 0.00829. The lowest BCUT2D eigenvalue weighted by Crippen LogP contribution is -2.52. The van der Waals surface area contributed by atoms with Crippen molar-refractivity contribution in [1.29, 1.82) is 0 Å². The fourth-order valence-corrected chi connectivity index (χ4v) is 6.78. The van der Waals surface area contributed by atoms with Crippen molar-refractivity contribution in [3.63, 3.8) is 0 Å². The minimum atomic E-state index is -1.46. The summed E-state index contributed by atoms with van der Waals surface area (Å²) >= 11 is 0. The average molecular weight is 608 g/mol. The van der Waals surface area contributed by atoms with Gasteiger partial charge in [-0.1, -0.05) is 62.8 Å². The molecule has 238 valence electrons. The number of nitrogens with one attached hydrogen (secondary N) is 1. The maximum Gasteiger partial charge on any atom is 0.249 e. The van der Waals surface area contributed by atoms with E-state index in [1.165, 1.54) is 17.7 Å². The van der Waals surface area contributed by atoms with Gasteiger partial charge < -0.3 is 21.1 Å². The Bertz CT molecular complexity index is 1390. The van der Waals surface area contributed by atoms with E-state index >= 15 is 0 Å². The molecule has 2 aliphatic rings. The lowest BCUT2D eigenvalue weighted by atomic mass is 9.63. The van der Waals surface area contributed by atoms with Crippen molar-refractivity contribution in [2.75, 3.05) is 19.6 Å². The fourth-order valence-electron chi connectivity index (χ4n) is 6.78. The molecule has 2 aromatic rings. The zero-order valence-corrected chi connectivity index (χ0v) is 26.5. The number of halogens is 2. The first kappa shape index (κ1) is 33.5. The Morgan fingerprint density at radius 3 is 2.25 bits per heavy atom. The largest absolute Gasteiger partial charge is 0.391 e. The molecule has 2 aliphatic carbocycles. The maximum atomic E-state index is 14.3. The molecular formula is C36H47F2N3O3. The number of aliphatic hydroxyl groups excluding tert-OH is 1. The molecular weight excluding hydrogens is 560 g/mol. The zero-order chi connectivity index (χ0) is 32.1. The van der Waals surface area contributed by atoms with Gasteiger partial charge in [-0.2, -0.15) is 0 Å². The van der Waals surface area contributed by atoms with E-state index in [1.54, 1.807) is 24.0 Å². The van der Waals surface area contributed by atoms with E-state index in [0.29, 0.717) is 29.8 Å². The summed E-state index contributed by atoms with van der Waals surface area (Å²) in [6, 6.07) is 11.6. The monoisotopic (exact) mass is 607 g/mol. The van der Waals surface area contributed by atoms with Crippen LogP contribution in [0.25, 0.3) is 0 Å². The zero-order valence-electron chi connectivity index (χ0n) is 26.5. The quantitative estimate of drug-likeness (QED) is 0.241. The highest BCUT2D eigenvalue weighted by Crippen LogP contribution is 2.47. The number of hydrogen-bond donors (Lipinski definition) is 3. The van der Waals surface area contributed by atoms with Gasteiger partial charge in [0.25, 0.3) is 0 Å². The molecule has 1 saturated carbocycles. The summed E-state index contributed by atoms with van der Waals surface area (Å²) in [5, 5.41) is 15.5. The number of aliphatic hydroxyl groups is 1. The Morgan fingerprint density at radius 1 is 1.02 bits per heavy atom. The van der Waals surface area contributed by atoms with Gasteiger partial charge in [0.15, 0.2) is 0 Å². The van der Waals surface area contributed by atoms with Gasteiger partial charge in [0.2, 0.25) is 11.8 Å². The average Bonchev–Trinajstić information content (AvgIpc) is 3.78. The standard InChI is InChI=1S/C36H47F2N3O3/c1-5-13-41(14-6-2)33(43)27-15-24(4)21-35(22-27,34(39)44)31(19-26-17-29(37)20-30(38)18-26)32(42)23-40-36(11-12-36)28-10-8-9-25(7-3)16-28/h8-10,15-18,20-21,31-32,40,42H,5-7,11-14,19,22-23H2,1-4H3,(H2,39,44)/t31-,32+,35?/m1/s1. The Morgan fingerprint density at radius 2 is 1.68 bits per heavy atom. The van der Waals surface area contributed by atoms with Crippen LogP contribution in [0.2, 0.25) is 0 Å². The van der Waals surface area contributed by atoms with Gasteiger partial charge in [-0.25, -0.2) is 8.78 Å². The molecule has 4 rings (SSSR count). The van der Waals surface area contributed by atoms with Gasteiger partial charge in [-0.15, -0.1) is 0 Å². The fraction of sp³-hybridized carbons (Fsp3) is 0.500. The van der Waals surface area contributed by atoms with Gasteiger partial charge in [0, 0.05) is 42.7 Å². The molecule has 0 aliphatic heterocycles. The molecule has 1 fully saturated rings. The van der Waals surface area contributed by atoms with Crippen LogP contribution in [0.1, 0.15) is 76.5 Å². The normalized spacial score (nSPS) is 20.3. The van der Waals surface area contributed by atoms with Crippen molar-refractivity contribution < 1.29 is 23.5 Å². The highest BCUT2D eigenvalue weighted by Gasteiger charge is 2.50. The first-order valence-corrected chi connectivity index (χ1v) is 15.9. The van der Waals surface area contributed by atoms with Crippen LogP contribution in [-0.2, 0) is 28.0 Å². The first-order valence-electron chi connectivity index (χ1n) is 15.9. The van der Waals surface area contributed by atoms with Crippen molar-refractivity contribution in [2.24, 2.45) is 17.1 Å². The molecule has 0 radical (unpaired) electrons. The number of aryl methyl sites for hydroxylation is 1. The van der Waals surface area contributed by atoms with E-state index in [9.17, 15) is 23.5 Å². The summed E-state index contributed by atoms with van der Waals surface area (Å²) in [5.41, 5.74) is 8.21. The molecule has 0 aromatic heterocycles. The predicted molar refractivity (Wildman–Crippen MR) is 170 cm³/mol. The second-order valence-electron chi connectivity index (χ2n) is 12.6. The summed E-state index contributed by atoms with van der Waals surface area (Å²) in [7, 11) is 0. The van der Waals surface area contributed by atoms with Gasteiger partial charge in [0.05, 0.1) is 11.5 Å². The van der Waals surface area contributed by atoms with Crippen LogP contribution in [0.5, 0.6) is 0 Å². The molecule has 2 aromatic carbocycles. The molecule has 3 atom stereocenters. The van der Waals surface area contributed by atoms with Crippen molar-refractivity contribution in [1.82, 2.24) is 10.2 Å². The van der Waals surface area contributed by atoms with Gasteiger partial charge in [-0.05, 0) is 80.7 Å². The third-order valence-corrected chi connectivity index (χ3v) is 9.17. The van der Waals surface area contributed by atoms with Crippen LogP contribution in [0.15, 0.2) is 65.8 Å². The van der Waals surface area contributed by atoms with Crippen molar-refractivity contribution in [3.05, 3.63) is 94.1 Å². The Balaban J connectivity index is 1.70. The predicted octanol–water partition coefficient (Wildman–Crippen LogP) is 5.72. The maximum absolute atomic E-state index is 14.3. The number of carbonyl (C=O) groups excluding carboxylic acids is 2. The number of hydrogen-bond acceptors (Lipinski definition) is 4. The molecule has 4 N–H and O–H groups in total. The van der Waals surface area contributed by atoms with Crippen LogP contribution < -0.4 is 11.1 Å². The van der Waals surface area contributed by atoms with Crippen LogP contribution in [0, 0.1) is 23.0 Å². The second-order valence-corrected chi connectivity index (χ2v) is 12.6. The molecule has 6 nitrogen and oxygen atoms in total.